The Balaban J connectivity index is 2.18. The van der Waals surface area contributed by atoms with Crippen molar-refractivity contribution in [3.63, 3.8) is 0 Å². The van der Waals surface area contributed by atoms with Crippen LogP contribution in [0.15, 0.2) is 0 Å². The first-order valence-corrected chi connectivity index (χ1v) is 5.48. The molecule has 7 nitrogen and oxygen atoms in total. The Morgan fingerprint density at radius 1 is 1.59 bits per heavy atom. The van der Waals surface area contributed by atoms with E-state index in [1.165, 1.54) is 7.11 Å². The first-order chi connectivity index (χ1) is 8.11. The Kier molecular flexibility index (Phi) is 5.71. The molecule has 1 saturated heterocycles. The molecule has 0 aromatic heterocycles. The average molecular weight is 246 g/mol. The van der Waals surface area contributed by atoms with Crippen LogP contribution in [0.2, 0.25) is 0 Å². The Morgan fingerprint density at radius 2 is 2.35 bits per heavy atom. The lowest BCUT2D eigenvalue weighted by atomic mass is 10.2. The molecule has 1 rings (SSSR count). The summed E-state index contributed by atoms with van der Waals surface area (Å²) in [6, 6.07) is -0.289. The molecule has 2 atom stereocenters. The van der Waals surface area contributed by atoms with Gasteiger partial charge in [-0.15, -0.1) is 0 Å². The fraction of sp³-hybridized carbons (Fsp3) is 0.800. The van der Waals surface area contributed by atoms with Crippen LogP contribution >= 0.6 is 0 Å². The minimum Gasteiger partial charge on any atom is -0.481 e. The summed E-state index contributed by atoms with van der Waals surface area (Å²) in [7, 11) is 1.41. The fourth-order valence-electron chi connectivity index (χ4n) is 1.52. The highest BCUT2D eigenvalue weighted by Crippen LogP contribution is 2.02. The number of carboxylic acid groups (broad SMARTS) is 1. The summed E-state index contributed by atoms with van der Waals surface area (Å²) in [4.78, 5) is 21.9. The smallest absolute Gasteiger partial charge is 0.315 e. The second kappa shape index (κ2) is 7.08. The van der Waals surface area contributed by atoms with E-state index in [9.17, 15) is 9.59 Å². The number of nitrogens with one attached hydrogen (secondary N) is 2. The van der Waals surface area contributed by atoms with Crippen LogP contribution in [0.3, 0.4) is 0 Å². The molecule has 1 fully saturated rings. The number of methoxy groups -OCH3 is 1. The van der Waals surface area contributed by atoms with Gasteiger partial charge in [-0.3, -0.25) is 4.79 Å². The van der Waals surface area contributed by atoms with Crippen LogP contribution in [0.4, 0.5) is 4.79 Å². The maximum atomic E-state index is 11.4. The van der Waals surface area contributed by atoms with E-state index in [4.69, 9.17) is 14.6 Å². The molecule has 0 aromatic rings. The third kappa shape index (κ3) is 5.50. The molecule has 0 saturated carbocycles. The van der Waals surface area contributed by atoms with Gasteiger partial charge in [0.1, 0.15) is 0 Å². The molecular formula is C10H18N2O5. The summed E-state index contributed by atoms with van der Waals surface area (Å²) >= 11 is 0. The summed E-state index contributed by atoms with van der Waals surface area (Å²) in [5.41, 5.74) is 0. The van der Waals surface area contributed by atoms with E-state index >= 15 is 0 Å². The Labute approximate surface area is 99.5 Å². The molecule has 0 spiro atoms. The van der Waals surface area contributed by atoms with Crippen molar-refractivity contribution in [1.29, 1.82) is 0 Å². The highest BCUT2D eigenvalue weighted by atomic mass is 16.5. The van der Waals surface area contributed by atoms with Crippen LogP contribution in [0.25, 0.3) is 0 Å². The minimum atomic E-state index is -0.955. The van der Waals surface area contributed by atoms with Crippen molar-refractivity contribution in [2.75, 3.05) is 26.9 Å². The zero-order valence-corrected chi connectivity index (χ0v) is 9.77. The molecule has 1 heterocycles. The van der Waals surface area contributed by atoms with E-state index in [2.05, 4.69) is 10.6 Å². The van der Waals surface area contributed by atoms with E-state index in [1.807, 2.05) is 0 Å². The predicted octanol–water partition coefficient (Wildman–Crippen LogP) is -0.436. The molecule has 0 bridgehead atoms. The number of rotatable bonds is 6. The monoisotopic (exact) mass is 246 g/mol. The summed E-state index contributed by atoms with van der Waals surface area (Å²) < 4.78 is 10.0. The van der Waals surface area contributed by atoms with Gasteiger partial charge >= 0.3 is 12.0 Å². The maximum absolute atomic E-state index is 11.4. The van der Waals surface area contributed by atoms with Gasteiger partial charge in [0.25, 0.3) is 0 Å². The van der Waals surface area contributed by atoms with Crippen molar-refractivity contribution in [3.8, 4) is 0 Å². The number of hydrogen-bond acceptors (Lipinski definition) is 4. The van der Waals surface area contributed by atoms with Gasteiger partial charge in [-0.2, -0.15) is 0 Å². The van der Waals surface area contributed by atoms with Gasteiger partial charge in [0.05, 0.1) is 25.2 Å². The van der Waals surface area contributed by atoms with Gasteiger partial charge in [-0.05, 0) is 6.42 Å². The number of amides is 2. The predicted molar refractivity (Wildman–Crippen MR) is 58.8 cm³/mol. The number of urea groups is 1. The minimum absolute atomic E-state index is 0.0375. The highest BCUT2D eigenvalue weighted by Gasteiger charge is 2.18. The average Bonchev–Trinajstić information content (AvgIpc) is 2.76. The van der Waals surface area contributed by atoms with Crippen molar-refractivity contribution in [2.45, 2.75) is 25.0 Å². The largest absolute Gasteiger partial charge is 0.481 e. The zero-order valence-electron chi connectivity index (χ0n) is 9.77. The van der Waals surface area contributed by atoms with E-state index in [1.54, 1.807) is 0 Å². The van der Waals surface area contributed by atoms with Gasteiger partial charge < -0.3 is 25.2 Å². The SMILES string of the molecule is COC(CNC(=O)NC1CCOC1)CC(=O)O. The quantitative estimate of drug-likeness (QED) is 0.590. The molecule has 0 radical (unpaired) electrons. The van der Waals surface area contributed by atoms with Crippen LogP contribution in [0.5, 0.6) is 0 Å². The molecule has 7 heteroatoms. The second-order valence-electron chi connectivity index (χ2n) is 3.87. The summed E-state index contributed by atoms with van der Waals surface area (Å²) in [6.07, 6.45) is 0.151. The molecule has 1 aliphatic rings. The van der Waals surface area contributed by atoms with Crippen molar-refractivity contribution < 1.29 is 24.2 Å². The summed E-state index contributed by atoms with van der Waals surface area (Å²) in [6.45, 7) is 1.35. The molecular weight excluding hydrogens is 228 g/mol. The summed E-state index contributed by atoms with van der Waals surface area (Å²) in [5.74, 6) is -0.955. The van der Waals surface area contributed by atoms with Crippen LogP contribution in [0, 0.1) is 0 Å². The number of ether oxygens (including phenoxy) is 2. The third-order valence-corrected chi connectivity index (χ3v) is 2.49. The maximum Gasteiger partial charge on any atom is 0.315 e. The Hall–Kier alpha value is -1.34. The number of carbonyl (C=O) groups excluding carboxylic acids is 1. The van der Waals surface area contributed by atoms with E-state index in [-0.39, 0.29) is 25.0 Å². The first kappa shape index (κ1) is 13.7. The van der Waals surface area contributed by atoms with Crippen molar-refractivity contribution in [2.24, 2.45) is 0 Å². The molecule has 0 aliphatic carbocycles. The van der Waals surface area contributed by atoms with Crippen molar-refractivity contribution in [1.82, 2.24) is 10.6 Å². The summed E-state index contributed by atoms with van der Waals surface area (Å²) in [5, 5.41) is 13.9. The van der Waals surface area contributed by atoms with Crippen molar-refractivity contribution in [3.05, 3.63) is 0 Å². The first-order valence-electron chi connectivity index (χ1n) is 5.48. The van der Waals surface area contributed by atoms with Crippen molar-refractivity contribution >= 4 is 12.0 Å². The number of carbonyl (C=O) groups is 2. The third-order valence-electron chi connectivity index (χ3n) is 2.49. The topological polar surface area (TPSA) is 96.9 Å². The van der Waals surface area contributed by atoms with Gasteiger partial charge in [0.2, 0.25) is 0 Å². The van der Waals surface area contributed by atoms with E-state index in [0.717, 1.165) is 6.42 Å². The van der Waals surface area contributed by atoms with Gasteiger partial charge in [-0.1, -0.05) is 0 Å². The highest BCUT2D eigenvalue weighted by molar-refractivity contribution is 5.74. The molecule has 17 heavy (non-hydrogen) atoms. The zero-order chi connectivity index (χ0) is 12.7. The van der Waals surface area contributed by atoms with Gasteiger partial charge in [0, 0.05) is 20.3 Å². The molecule has 0 aromatic carbocycles. The Bertz CT molecular complexity index is 265. The number of carboxylic acids is 1. The van der Waals surface area contributed by atoms with E-state index in [0.29, 0.717) is 13.2 Å². The molecule has 1 aliphatic heterocycles. The lowest BCUT2D eigenvalue weighted by molar-refractivity contribution is -0.139. The molecule has 2 amide bonds. The van der Waals surface area contributed by atoms with E-state index < -0.39 is 12.1 Å². The number of hydrogen-bond donors (Lipinski definition) is 3. The van der Waals surface area contributed by atoms with Crippen LogP contribution < -0.4 is 10.6 Å². The number of aliphatic carboxylic acids is 1. The van der Waals surface area contributed by atoms with Gasteiger partial charge in [0.15, 0.2) is 0 Å². The molecule has 98 valence electrons. The molecule has 3 N–H and O–H groups in total. The van der Waals surface area contributed by atoms with Gasteiger partial charge in [-0.25, -0.2) is 4.79 Å². The fourth-order valence-corrected chi connectivity index (χ4v) is 1.52. The second-order valence-corrected chi connectivity index (χ2v) is 3.87. The standard InChI is InChI=1S/C10H18N2O5/c1-16-8(4-9(13)14)5-11-10(15)12-7-2-3-17-6-7/h7-8H,2-6H2,1H3,(H,13,14)(H2,11,12,15). The van der Waals surface area contributed by atoms with Crippen LogP contribution in [0.1, 0.15) is 12.8 Å². The lowest BCUT2D eigenvalue weighted by Crippen LogP contribution is -2.45. The lowest BCUT2D eigenvalue weighted by Gasteiger charge is -2.16. The normalized spacial score (nSPS) is 20.9. The molecule has 2 unspecified atom stereocenters. The Morgan fingerprint density at radius 3 is 2.88 bits per heavy atom. The van der Waals surface area contributed by atoms with Crippen LogP contribution in [-0.4, -0.2) is 56.1 Å². The van der Waals surface area contributed by atoms with Crippen LogP contribution in [-0.2, 0) is 14.3 Å².